The smallest absolute Gasteiger partial charge is 0.135 e. The van der Waals surface area contributed by atoms with E-state index in [-0.39, 0.29) is 0 Å². The Hall–Kier alpha value is -1.71. The minimum absolute atomic E-state index is 0.322. The molecule has 1 aromatic carbocycles. The third-order valence-electron chi connectivity index (χ3n) is 1.96. The number of aryl methyl sites for hydroxylation is 1. The first-order valence-corrected chi connectivity index (χ1v) is 4.04. The molecular formula is C10H7F2N2. The molecule has 1 radical (unpaired) electrons. The van der Waals surface area contributed by atoms with Crippen LogP contribution in [0.3, 0.4) is 0 Å². The van der Waals surface area contributed by atoms with Crippen molar-refractivity contribution in [2.45, 2.75) is 0 Å². The van der Waals surface area contributed by atoms with Crippen LogP contribution in [-0.2, 0) is 7.05 Å². The maximum absolute atomic E-state index is 13.3. The standard InChI is InChI=1S/C10H7F2N2/c1-14-10(4-5-13-14)8-3-2-7(11)6-9(8)12/h2-4,6H,1H3. The molecule has 14 heavy (non-hydrogen) atoms. The fraction of sp³-hybridized carbons (Fsp3) is 0.100. The Balaban J connectivity index is 2.58. The largest absolute Gasteiger partial charge is 0.267 e. The second kappa shape index (κ2) is 3.21. The lowest BCUT2D eigenvalue weighted by molar-refractivity contribution is 0.584. The predicted octanol–water partition coefficient (Wildman–Crippen LogP) is 2.17. The molecule has 1 aromatic heterocycles. The number of aromatic nitrogens is 2. The van der Waals surface area contributed by atoms with E-state index in [0.717, 1.165) is 6.07 Å². The summed E-state index contributed by atoms with van der Waals surface area (Å²) in [5.41, 5.74) is 0.894. The summed E-state index contributed by atoms with van der Waals surface area (Å²) in [4.78, 5) is 0. The zero-order chi connectivity index (χ0) is 10.1. The average molecular weight is 193 g/mol. The van der Waals surface area contributed by atoms with Crippen LogP contribution >= 0.6 is 0 Å². The molecule has 0 N–H and O–H groups in total. The lowest BCUT2D eigenvalue weighted by atomic mass is 10.1. The van der Waals surface area contributed by atoms with Crippen LogP contribution in [0.25, 0.3) is 11.3 Å². The summed E-state index contributed by atoms with van der Waals surface area (Å²) in [5, 5.41) is 3.79. The van der Waals surface area contributed by atoms with Gasteiger partial charge in [-0.15, -0.1) is 0 Å². The highest BCUT2D eigenvalue weighted by atomic mass is 19.1. The number of halogens is 2. The Bertz CT molecular complexity index is 463. The lowest BCUT2D eigenvalue weighted by Gasteiger charge is -2.03. The molecular weight excluding hydrogens is 186 g/mol. The number of nitrogens with zero attached hydrogens (tertiary/aromatic N) is 2. The highest BCUT2D eigenvalue weighted by Crippen LogP contribution is 2.21. The van der Waals surface area contributed by atoms with Crippen LogP contribution in [0.1, 0.15) is 0 Å². The number of hydrogen-bond donors (Lipinski definition) is 0. The number of rotatable bonds is 1. The number of benzene rings is 1. The highest BCUT2D eigenvalue weighted by Gasteiger charge is 2.09. The summed E-state index contributed by atoms with van der Waals surface area (Å²) >= 11 is 0. The second-order valence-electron chi connectivity index (χ2n) is 2.91. The SMILES string of the molecule is Cn1n[c]cc1-c1ccc(F)cc1F. The lowest BCUT2D eigenvalue weighted by Crippen LogP contribution is -1.95. The van der Waals surface area contributed by atoms with Crippen molar-refractivity contribution >= 4 is 0 Å². The summed E-state index contributed by atoms with van der Waals surface area (Å²) in [6, 6.07) is 5.00. The van der Waals surface area contributed by atoms with Gasteiger partial charge < -0.3 is 0 Å². The van der Waals surface area contributed by atoms with Crippen LogP contribution in [0.4, 0.5) is 8.78 Å². The molecule has 0 saturated heterocycles. The van der Waals surface area contributed by atoms with Gasteiger partial charge in [0.25, 0.3) is 0 Å². The van der Waals surface area contributed by atoms with Crippen molar-refractivity contribution in [2.24, 2.45) is 7.05 Å². The molecule has 0 amide bonds. The Kier molecular flexibility index (Phi) is 2.04. The van der Waals surface area contributed by atoms with Gasteiger partial charge in [0.15, 0.2) is 0 Å². The van der Waals surface area contributed by atoms with Gasteiger partial charge in [-0.05, 0) is 18.2 Å². The van der Waals surface area contributed by atoms with E-state index in [1.807, 2.05) is 0 Å². The van der Waals surface area contributed by atoms with Crippen LogP contribution in [0, 0.1) is 17.8 Å². The van der Waals surface area contributed by atoms with Gasteiger partial charge >= 0.3 is 0 Å². The summed E-state index contributed by atoms with van der Waals surface area (Å²) < 4.78 is 27.4. The van der Waals surface area contributed by atoms with Gasteiger partial charge in [0.2, 0.25) is 0 Å². The van der Waals surface area contributed by atoms with Gasteiger partial charge in [-0.25, -0.2) is 8.78 Å². The van der Waals surface area contributed by atoms with E-state index in [1.165, 1.54) is 16.8 Å². The maximum atomic E-state index is 13.3. The zero-order valence-electron chi connectivity index (χ0n) is 7.46. The van der Waals surface area contributed by atoms with Gasteiger partial charge in [0.1, 0.15) is 17.8 Å². The van der Waals surface area contributed by atoms with Crippen LogP contribution in [0.5, 0.6) is 0 Å². The summed E-state index contributed by atoms with van der Waals surface area (Å²) in [6.45, 7) is 0. The molecule has 4 heteroatoms. The fourth-order valence-corrected chi connectivity index (χ4v) is 1.27. The predicted molar refractivity (Wildman–Crippen MR) is 47.4 cm³/mol. The van der Waals surface area contributed by atoms with Crippen molar-refractivity contribution < 1.29 is 8.78 Å². The van der Waals surface area contributed by atoms with Crippen LogP contribution in [0.15, 0.2) is 24.3 Å². The minimum Gasteiger partial charge on any atom is -0.267 e. The van der Waals surface area contributed by atoms with E-state index in [9.17, 15) is 8.78 Å². The Morgan fingerprint density at radius 3 is 2.71 bits per heavy atom. The van der Waals surface area contributed by atoms with Crippen LogP contribution in [0.2, 0.25) is 0 Å². The molecule has 0 unspecified atom stereocenters. The van der Waals surface area contributed by atoms with E-state index in [2.05, 4.69) is 11.3 Å². The van der Waals surface area contributed by atoms with Gasteiger partial charge in [-0.1, -0.05) is 0 Å². The molecule has 1 heterocycles. The second-order valence-corrected chi connectivity index (χ2v) is 2.91. The van der Waals surface area contributed by atoms with E-state index in [4.69, 9.17) is 0 Å². The fourth-order valence-electron chi connectivity index (χ4n) is 1.27. The van der Waals surface area contributed by atoms with Gasteiger partial charge in [-0.3, -0.25) is 4.68 Å². The van der Waals surface area contributed by atoms with Crippen molar-refractivity contribution in [3.63, 3.8) is 0 Å². The molecule has 2 aromatic rings. The molecule has 0 aliphatic heterocycles. The first-order valence-electron chi connectivity index (χ1n) is 4.04. The normalized spacial score (nSPS) is 10.5. The Labute approximate surface area is 79.8 Å². The van der Waals surface area contributed by atoms with E-state index in [0.29, 0.717) is 11.3 Å². The maximum Gasteiger partial charge on any atom is 0.135 e. The van der Waals surface area contributed by atoms with Crippen molar-refractivity contribution in [1.29, 1.82) is 0 Å². The van der Waals surface area contributed by atoms with Gasteiger partial charge in [0, 0.05) is 18.7 Å². The molecule has 0 fully saturated rings. The third-order valence-corrected chi connectivity index (χ3v) is 1.96. The topological polar surface area (TPSA) is 17.8 Å². The summed E-state index contributed by atoms with van der Waals surface area (Å²) in [6.07, 6.45) is 2.59. The molecule has 0 bridgehead atoms. The van der Waals surface area contributed by atoms with Crippen LogP contribution < -0.4 is 0 Å². The van der Waals surface area contributed by atoms with Crippen molar-refractivity contribution in [3.8, 4) is 11.3 Å². The van der Waals surface area contributed by atoms with Crippen LogP contribution in [-0.4, -0.2) is 9.78 Å². The third kappa shape index (κ3) is 1.39. The molecule has 0 spiro atoms. The van der Waals surface area contributed by atoms with Gasteiger partial charge in [-0.2, -0.15) is 5.10 Å². The molecule has 2 rings (SSSR count). The molecule has 0 aliphatic carbocycles. The molecule has 2 nitrogen and oxygen atoms in total. The zero-order valence-corrected chi connectivity index (χ0v) is 7.46. The van der Waals surface area contributed by atoms with Crippen molar-refractivity contribution in [3.05, 3.63) is 42.1 Å². The quantitative estimate of drug-likeness (QED) is 0.678. The minimum atomic E-state index is -0.595. The Morgan fingerprint density at radius 2 is 2.14 bits per heavy atom. The summed E-state index contributed by atoms with van der Waals surface area (Å²) in [7, 11) is 1.68. The first kappa shape index (κ1) is 8.87. The monoisotopic (exact) mass is 193 g/mol. The average Bonchev–Trinajstić information content (AvgIpc) is 2.52. The van der Waals surface area contributed by atoms with E-state index < -0.39 is 11.6 Å². The van der Waals surface area contributed by atoms with Crippen molar-refractivity contribution in [1.82, 2.24) is 9.78 Å². The molecule has 0 saturated carbocycles. The summed E-state index contributed by atoms with van der Waals surface area (Å²) in [5.74, 6) is -1.18. The first-order chi connectivity index (χ1) is 6.68. The molecule has 71 valence electrons. The van der Waals surface area contributed by atoms with E-state index in [1.54, 1.807) is 13.1 Å². The van der Waals surface area contributed by atoms with Gasteiger partial charge in [0.05, 0.1) is 5.69 Å². The highest BCUT2D eigenvalue weighted by molar-refractivity contribution is 5.59. The van der Waals surface area contributed by atoms with Crippen molar-refractivity contribution in [2.75, 3.05) is 0 Å². The number of hydrogen-bond acceptors (Lipinski definition) is 1. The van der Waals surface area contributed by atoms with E-state index >= 15 is 0 Å². The molecule has 0 atom stereocenters. The Morgan fingerprint density at radius 1 is 1.36 bits per heavy atom. The molecule has 0 aliphatic rings.